The highest BCUT2D eigenvalue weighted by molar-refractivity contribution is 6.15. The van der Waals surface area contributed by atoms with Crippen LogP contribution in [0.15, 0.2) is 60.7 Å². The summed E-state index contributed by atoms with van der Waals surface area (Å²) in [6, 6.07) is 17.4. The second kappa shape index (κ2) is 15.2. The Bertz CT molecular complexity index is 1600. The zero-order valence-corrected chi connectivity index (χ0v) is 29.0. The van der Waals surface area contributed by atoms with Gasteiger partial charge in [0, 0.05) is 18.2 Å². The SMILES string of the molecule is COc1c(C(=O)CC(=O)N(c2cccc(CNC(=O)OC(C)(C)C)c2C(=O)OC(C)(C)C)C(C)C)ccc(-c2ccccc2)c1OC. The molecule has 0 unspecified atom stereocenters. The molecule has 0 radical (unpaired) electrons. The Kier molecular flexibility index (Phi) is 11.8. The molecular weight excluding hydrogens is 600 g/mol. The molecule has 3 aromatic rings. The van der Waals surface area contributed by atoms with Crippen LogP contribution < -0.4 is 19.7 Å². The Hall–Kier alpha value is -4.86. The summed E-state index contributed by atoms with van der Waals surface area (Å²) in [5.41, 5.74) is 0.986. The first-order valence-electron chi connectivity index (χ1n) is 15.4. The molecule has 0 heterocycles. The summed E-state index contributed by atoms with van der Waals surface area (Å²) in [6.07, 6.45) is -1.18. The van der Waals surface area contributed by atoms with Crippen LogP contribution in [0.2, 0.25) is 0 Å². The van der Waals surface area contributed by atoms with E-state index in [0.29, 0.717) is 11.3 Å². The summed E-state index contributed by atoms with van der Waals surface area (Å²) < 4.78 is 22.4. The van der Waals surface area contributed by atoms with Gasteiger partial charge >= 0.3 is 12.1 Å². The molecule has 10 heteroatoms. The van der Waals surface area contributed by atoms with Crippen molar-refractivity contribution in [3.05, 3.63) is 77.4 Å². The first kappa shape index (κ1) is 36.6. The number of esters is 1. The van der Waals surface area contributed by atoms with Crippen LogP contribution in [-0.4, -0.2) is 55.2 Å². The molecule has 2 amide bonds. The molecule has 252 valence electrons. The maximum Gasteiger partial charge on any atom is 0.407 e. The van der Waals surface area contributed by atoms with Gasteiger partial charge in [0.1, 0.15) is 11.2 Å². The van der Waals surface area contributed by atoms with E-state index < -0.39 is 47.4 Å². The monoisotopic (exact) mass is 646 g/mol. The lowest BCUT2D eigenvalue weighted by molar-refractivity contribution is -0.118. The van der Waals surface area contributed by atoms with E-state index in [-0.39, 0.29) is 29.1 Å². The third-order valence-corrected chi connectivity index (χ3v) is 6.82. The molecule has 0 fully saturated rings. The number of hydrogen-bond acceptors (Lipinski definition) is 8. The Morgan fingerprint density at radius 3 is 1.94 bits per heavy atom. The van der Waals surface area contributed by atoms with E-state index in [9.17, 15) is 19.2 Å². The van der Waals surface area contributed by atoms with Crippen molar-refractivity contribution in [1.29, 1.82) is 0 Å². The minimum absolute atomic E-state index is 0.0683. The number of rotatable bonds is 11. The third kappa shape index (κ3) is 9.57. The van der Waals surface area contributed by atoms with E-state index >= 15 is 0 Å². The fraction of sp³-hybridized carbons (Fsp3) is 0.405. The molecule has 10 nitrogen and oxygen atoms in total. The molecule has 0 atom stereocenters. The van der Waals surface area contributed by atoms with E-state index in [1.807, 2.05) is 30.3 Å². The van der Waals surface area contributed by atoms with Gasteiger partial charge in [-0.1, -0.05) is 42.5 Å². The topological polar surface area (TPSA) is 120 Å². The van der Waals surface area contributed by atoms with Crippen molar-refractivity contribution in [2.75, 3.05) is 19.1 Å². The van der Waals surface area contributed by atoms with Crippen LogP contribution in [0.25, 0.3) is 11.1 Å². The van der Waals surface area contributed by atoms with Crippen molar-refractivity contribution in [3.8, 4) is 22.6 Å². The average molecular weight is 647 g/mol. The summed E-state index contributed by atoms with van der Waals surface area (Å²) in [6.45, 7) is 13.9. The summed E-state index contributed by atoms with van der Waals surface area (Å²) in [5, 5.41) is 2.68. The van der Waals surface area contributed by atoms with Crippen molar-refractivity contribution in [3.63, 3.8) is 0 Å². The number of benzene rings is 3. The molecule has 0 aliphatic heterocycles. The maximum absolute atomic E-state index is 14.0. The highest BCUT2D eigenvalue weighted by atomic mass is 16.6. The van der Waals surface area contributed by atoms with Gasteiger partial charge < -0.3 is 29.2 Å². The molecule has 47 heavy (non-hydrogen) atoms. The van der Waals surface area contributed by atoms with Crippen molar-refractivity contribution in [1.82, 2.24) is 5.32 Å². The molecular formula is C37H46N2O8. The predicted octanol–water partition coefficient (Wildman–Crippen LogP) is 7.37. The summed E-state index contributed by atoms with van der Waals surface area (Å²) >= 11 is 0. The van der Waals surface area contributed by atoms with Gasteiger partial charge in [-0.05, 0) is 84.7 Å². The lowest BCUT2D eigenvalue weighted by atomic mass is 9.98. The Labute approximate surface area is 277 Å². The maximum atomic E-state index is 14.0. The first-order chi connectivity index (χ1) is 22.0. The molecule has 0 aliphatic rings. The minimum Gasteiger partial charge on any atom is -0.492 e. The zero-order chi connectivity index (χ0) is 35.1. The number of carbonyl (C=O) groups is 4. The molecule has 3 rings (SSSR count). The van der Waals surface area contributed by atoms with Crippen LogP contribution in [0.1, 0.15) is 88.1 Å². The summed E-state index contributed by atoms with van der Waals surface area (Å²) in [5.74, 6) is -1.12. The number of carbonyl (C=O) groups excluding carboxylic acids is 4. The molecule has 1 N–H and O–H groups in total. The van der Waals surface area contributed by atoms with Crippen molar-refractivity contribution >= 4 is 29.4 Å². The quantitative estimate of drug-likeness (QED) is 0.130. The van der Waals surface area contributed by atoms with Gasteiger partial charge in [0.2, 0.25) is 5.91 Å². The van der Waals surface area contributed by atoms with E-state index in [2.05, 4.69) is 5.32 Å². The second-order valence-electron chi connectivity index (χ2n) is 13.2. The second-order valence-corrected chi connectivity index (χ2v) is 13.2. The summed E-state index contributed by atoms with van der Waals surface area (Å²) in [7, 11) is 2.93. The smallest absolute Gasteiger partial charge is 0.407 e. The zero-order valence-electron chi connectivity index (χ0n) is 29.0. The van der Waals surface area contributed by atoms with Crippen molar-refractivity contribution in [2.45, 2.75) is 85.6 Å². The number of hydrogen-bond donors (Lipinski definition) is 1. The minimum atomic E-state index is -0.843. The van der Waals surface area contributed by atoms with Crippen LogP contribution in [0.5, 0.6) is 11.5 Å². The van der Waals surface area contributed by atoms with Crippen LogP contribution in [0.4, 0.5) is 10.5 Å². The van der Waals surface area contributed by atoms with Gasteiger partial charge in [-0.25, -0.2) is 9.59 Å². The third-order valence-electron chi connectivity index (χ3n) is 6.82. The number of ketones is 1. The van der Waals surface area contributed by atoms with E-state index in [4.69, 9.17) is 18.9 Å². The molecule has 0 aliphatic carbocycles. The van der Waals surface area contributed by atoms with E-state index in [0.717, 1.165) is 11.1 Å². The van der Waals surface area contributed by atoms with Crippen LogP contribution in [0, 0.1) is 0 Å². The molecule has 0 saturated heterocycles. The van der Waals surface area contributed by atoms with Gasteiger partial charge in [0.05, 0.1) is 37.5 Å². The lowest BCUT2D eigenvalue weighted by Crippen LogP contribution is -2.40. The number of methoxy groups -OCH3 is 2. The fourth-order valence-corrected chi connectivity index (χ4v) is 5.03. The predicted molar refractivity (Wildman–Crippen MR) is 181 cm³/mol. The van der Waals surface area contributed by atoms with E-state index in [1.54, 1.807) is 85.7 Å². The average Bonchev–Trinajstić information content (AvgIpc) is 2.97. The largest absolute Gasteiger partial charge is 0.492 e. The van der Waals surface area contributed by atoms with Gasteiger partial charge in [0.25, 0.3) is 0 Å². The van der Waals surface area contributed by atoms with Gasteiger partial charge in [-0.3, -0.25) is 9.59 Å². The Balaban J connectivity index is 2.03. The number of amides is 2. The van der Waals surface area contributed by atoms with Crippen molar-refractivity contribution in [2.24, 2.45) is 0 Å². The number of anilines is 1. The molecule has 0 saturated carbocycles. The molecule has 0 spiro atoms. The van der Waals surface area contributed by atoms with Gasteiger partial charge in [0.15, 0.2) is 17.3 Å². The number of alkyl carbamates (subject to hydrolysis) is 1. The highest BCUT2D eigenvalue weighted by Crippen LogP contribution is 2.41. The standard InChI is InChI=1S/C37H46N2O8/c1-23(2)39(28-18-14-17-25(22-38-35(43)47-37(6,7)8)31(28)34(42)46-36(3,4)5)30(41)21-29(40)27-20-19-26(24-15-12-11-13-16-24)32(44-9)33(27)45-10/h11-20,23H,21-22H2,1-10H3,(H,38,43). The van der Waals surface area contributed by atoms with Crippen molar-refractivity contribution < 1.29 is 38.1 Å². The highest BCUT2D eigenvalue weighted by Gasteiger charge is 2.32. The Morgan fingerprint density at radius 1 is 0.766 bits per heavy atom. The Morgan fingerprint density at radius 2 is 1.38 bits per heavy atom. The molecule has 0 bridgehead atoms. The van der Waals surface area contributed by atoms with Crippen LogP contribution >= 0.6 is 0 Å². The first-order valence-corrected chi connectivity index (χ1v) is 15.4. The van der Waals surface area contributed by atoms with E-state index in [1.165, 1.54) is 19.1 Å². The number of nitrogens with one attached hydrogen (secondary N) is 1. The van der Waals surface area contributed by atoms with Crippen LogP contribution in [0.3, 0.4) is 0 Å². The fourth-order valence-electron chi connectivity index (χ4n) is 5.03. The van der Waals surface area contributed by atoms with Crippen LogP contribution in [-0.2, 0) is 20.8 Å². The number of Topliss-reactive ketones (excluding diaryl/α,β-unsaturated/α-hetero) is 1. The molecule has 0 aromatic heterocycles. The normalized spacial score (nSPS) is 11.5. The van der Waals surface area contributed by atoms with Gasteiger partial charge in [-0.2, -0.15) is 0 Å². The van der Waals surface area contributed by atoms with Gasteiger partial charge in [-0.15, -0.1) is 0 Å². The number of ether oxygens (including phenoxy) is 4. The molecule has 3 aromatic carbocycles. The summed E-state index contributed by atoms with van der Waals surface area (Å²) in [4.78, 5) is 55.3. The lowest BCUT2D eigenvalue weighted by Gasteiger charge is -2.30. The number of nitrogens with zero attached hydrogens (tertiary/aromatic N) is 1.